The van der Waals surface area contributed by atoms with E-state index in [0.29, 0.717) is 11.3 Å². The van der Waals surface area contributed by atoms with E-state index in [0.717, 1.165) is 16.9 Å². The third kappa shape index (κ3) is 3.50. The molecule has 1 N–H and O–H groups in total. The van der Waals surface area contributed by atoms with Gasteiger partial charge in [-0.15, -0.1) is 5.10 Å². The van der Waals surface area contributed by atoms with Crippen LogP contribution in [-0.2, 0) is 0 Å². The molecule has 0 fully saturated rings. The number of tetrazole rings is 1. The lowest BCUT2D eigenvalue weighted by atomic mass is 10.0. The number of para-hydroxylation sites is 1. The first-order chi connectivity index (χ1) is 12.1. The summed E-state index contributed by atoms with van der Waals surface area (Å²) in [5.74, 6) is 0.536. The van der Waals surface area contributed by atoms with E-state index in [2.05, 4.69) is 20.8 Å². The number of carbonyl (C=O) groups excluding carboxylic acids is 1. The highest BCUT2D eigenvalue weighted by atomic mass is 16.5. The van der Waals surface area contributed by atoms with Crippen molar-refractivity contribution in [2.75, 3.05) is 7.11 Å². The van der Waals surface area contributed by atoms with Crippen LogP contribution in [0.1, 0.15) is 34.5 Å². The first-order valence-corrected chi connectivity index (χ1v) is 7.88. The summed E-state index contributed by atoms with van der Waals surface area (Å²) in [5, 5.41) is 14.1. The van der Waals surface area contributed by atoms with Crippen molar-refractivity contribution in [2.24, 2.45) is 0 Å². The number of aromatic nitrogens is 4. The molecule has 0 spiro atoms. The lowest BCUT2D eigenvalue weighted by molar-refractivity contribution is 0.0939. The first kappa shape index (κ1) is 16.6. The second kappa shape index (κ2) is 7.12. The Morgan fingerprint density at radius 3 is 2.76 bits per heavy atom. The number of amides is 1. The van der Waals surface area contributed by atoms with Gasteiger partial charge in [0.15, 0.2) is 0 Å². The fraction of sp³-hybridized carbons (Fsp3) is 0.222. The average Bonchev–Trinajstić information content (AvgIpc) is 3.16. The van der Waals surface area contributed by atoms with Gasteiger partial charge in [-0.25, -0.2) is 0 Å². The third-order valence-corrected chi connectivity index (χ3v) is 3.94. The van der Waals surface area contributed by atoms with Crippen LogP contribution in [0, 0.1) is 6.92 Å². The lowest BCUT2D eigenvalue weighted by Crippen LogP contribution is -2.28. The third-order valence-electron chi connectivity index (χ3n) is 3.94. The molecule has 7 heteroatoms. The van der Waals surface area contributed by atoms with Crippen LogP contribution in [0.3, 0.4) is 0 Å². The molecule has 0 aliphatic carbocycles. The van der Waals surface area contributed by atoms with Crippen molar-refractivity contribution < 1.29 is 9.53 Å². The molecular formula is C18H19N5O2. The molecule has 3 rings (SSSR count). The molecule has 0 saturated heterocycles. The van der Waals surface area contributed by atoms with E-state index in [1.807, 2.05) is 38.1 Å². The minimum absolute atomic E-state index is 0.206. The highest BCUT2D eigenvalue weighted by Gasteiger charge is 2.18. The minimum atomic E-state index is -0.218. The van der Waals surface area contributed by atoms with Crippen LogP contribution in [0.15, 0.2) is 48.8 Å². The van der Waals surface area contributed by atoms with Gasteiger partial charge in [-0.05, 0) is 42.5 Å². The normalized spacial score (nSPS) is 11.8. The Morgan fingerprint density at radius 1 is 1.24 bits per heavy atom. The molecule has 0 bridgehead atoms. The van der Waals surface area contributed by atoms with Crippen LogP contribution in [0.5, 0.6) is 5.75 Å². The minimum Gasteiger partial charge on any atom is -0.496 e. The summed E-state index contributed by atoms with van der Waals surface area (Å²) in [6.07, 6.45) is 1.46. The van der Waals surface area contributed by atoms with E-state index in [9.17, 15) is 4.79 Å². The van der Waals surface area contributed by atoms with E-state index in [1.54, 1.807) is 25.3 Å². The Kier molecular flexibility index (Phi) is 4.74. The molecule has 7 nitrogen and oxygen atoms in total. The molecule has 1 amide bonds. The van der Waals surface area contributed by atoms with Gasteiger partial charge in [0.05, 0.1) is 24.4 Å². The van der Waals surface area contributed by atoms with Crippen molar-refractivity contribution in [2.45, 2.75) is 19.9 Å². The molecule has 2 aromatic carbocycles. The summed E-state index contributed by atoms with van der Waals surface area (Å²) in [7, 11) is 1.62. The molecule has 128 valence electrons. The van der Waals surface area contributed by atoms with E-state index in [1.165, 1.54) is 11.0 Å². The van der Waals surface area contributed by atoms with Crippen molar-refractivity contribution in [3.63, 3.8) is 0 Å². The number of rotatable bonds is 5. The summed E-state index contributed by atoms with van der Waals surface area (Å²) >= 11 is 0. The Morgan fingerprint density at radius 2 is 2.04 bits per heavy atom. The van der Waals surface area contributed by atoms with Crippen molar-refractivity contribution in [1.82, 2.24) is 25.5 Å². The van der Waals surface area contributed by atoms with Gasteiger partial charge in [-0.3, -0.25) is 4.79 Å². The second-order valence-corrected chi connectivity index (χ2v) is 5.71. The maximum absolute atomic E-state index is 12.8. The number of hydrogen-bond donors (Lipinski definition) is 1. The van der Waals surface area contributed by atoms with E-state index < -0.39 is 0 Å². The Labute approximate surface area is 145 Å². The zero-order valence-electron chi connectivity index (χ0n) is 14.3. The molecule has 0 radical (unpaired) electrons. The van der Waals surface area contributed by atoms with Crippen molar-refractivity contribution >= 4 is 5.91 Å². The number of benzene rings is 2. The van der Waals surface area contributed by atoms with E-state index in [4.69, 9.17) is 4.74 Å². The summed E-state index contributed by atoms with van der Waals surface area (Å²) in [6, 6.07) is 12.9. The smallest absolute Gasteiger partial charge is 0.253 e. The van der Waals surface area contributed by atoms with Crippen LogP contribution in [0.25, 0.3) is 5.69 Å². The summed E-state index contributed by atoms with van der Waals surface area (Å²) in [5.41, 5.74) is 3.14. The predicted octanol–water partition coefficient (Wildman–Crippen LogP) is 2.47. The Bertz CT molecular complexity index is 877. The zero-order chi connectivity index (χ0) is 17.8. The van der Waals surface area contributed by atoms with Gasteiger partial charge in [-0.1, -0.05) is 29.8 Å². The fourth-order valence-electron chi connectivity index (χ4n) is 2.68. The van der Waals surface area contributed by atoms with Gasteiger partial charge in [0, 0.05) is 5.56 Å². The number of hydrogen-bond acceptors (Lipinski definition) is 5. The van der Waals surface area contributed by atoms with E-state index >= 15 is 0 Å². The monoisotopic (exact) mass is 337 g/mol. The van der Waals surface area contributed by atoms with Crippen molar-refractivity contribution in [3.05, 3.63) is 65.5 Å². The Hall–Kier alpha value is -3.22. The maximum atomic E-state index is 12.8. The van der Waals surface area contributed by atoms with Gasteiger partial charge in [-0.2, -0.15) is 4.68 Å². The number of aryl methyl sites for hydroxylation is 1. The van der Waals surface area contributed by atoms with E-state index in [-0.39, 0.29) is 11.9 Å². The zero-order valence-corrected chi connectivity index (χ0v) is 14.3. The van der Waals surface area contributed by atoms with Gasteiger partial charge in [0.1, 0.15) is 12.1 Å². The number of methoxy groups -OCH3 is 1. The topological polar surface area (TPSA) is 81.9 Å². The molecule has 0 saturated carbocycles. The quantitative estimate of drug-likeness (QED) is 0.773. The number of nitrogens with one attached hydrogen (secondary N) is 1. The van der Waals surface area contributed by atoms with Gasteiger partial charge < -0.3 is 10.1 Å². The van der Waals surface area contributed by atoms with Crippen molar-refractivity contribution in [1.29, 1.82) is 0 Å². The van der Waals surface area contributed by atoms with Crippen LogP contribution >= 0.6 is 0 Å². The molecule has 1 atom stereocenters. The SMILES string of the molecule is COc1ccc(C)cc1C(C)NC(=O)c1ccccc1-n1cnnn1. The molecule has 1 unspecified atom stereocenters. The van der Waals surface area contributed by atoms with Gasteiger partial charge >= 0.3 is 0 Å². The summed E-state index contributed by atoms with van der Waals surface area (Å²) in [6.45, 7) is 3.93. The maximum Gasteiger partial charge on any atom is 0.253 e. The molecule has 25 heavy (non-hydrogen) atoms. The molecule has 0 aliphatic rings. The molecule has 0 aliphatic heterocycles. The van der Waals surface area contributed by atoms with Crippen LogP contribution in [-0.4, -0.2) is 33.2 Å². The predicted molar refractivity (Wildman–Crippen MR) is 92.8 cm³/mol. The van der Waals surface area contributed by atoms with Gasteiger partial charge in [0.25, 0.3) is 5.91 Å². The molecule has 3 aromatic rings. The van der Waals surface area contributed by atoms with Crippen molar-refractivity contribution in [3.8, 4) is 11.4 Å². The van der Waals surface area contributed by atoms with Crippen LogP contribution in [0.2, 0.25) is 0 Å². The first-order valence-electron chi connectivity index (χ1n) is 7.88. The molecule has 1 heterocycles. The number of ether oxygens (including phenoxy) is 1. The lowest BCUT2D eigenvalue weighted by Gasteiger charge is -2.19. The summed E-state index contributed by atoms with van der Waals surface area (Å²) < 4.78 is 6.87. The van der Waals surface area contributed by atoms with Gasteiger partial charge in [0.2, 0.25) is 0 Å². The largest absolute Gasteiger partial charge is 0.496 e. The number of nitrogens with zero attached hydrogens (tertiary/aromatic N) is 4. The highest BCUT2D eigenvalue weighted by molar-refractivity contribution is 5.98. The average molecular weight is 337 g/mol. The standard InChI is InChI=1S/C18H19N5O2/c1-12-8-9-17(25-3)15(10-12)13(2)20-18(24)14-6-4-5-7-16(14)23-11-19-21-22-23/h4-11,13H,1-3H3,(H,20,24). The summed E-state index contributed by atoms with van der Waals surface area (Å²) in [4.78, 5) is 12.8. The fourth-order valence-corrected chi connectivity index (χ4v) is 2.68. The molecular weight excluding hydrogens is 318 g/mol. The highest BCUT2D eigenvalue weighted by Crippen LogP contribution is 2.26. The number of carbonyl (C=O) groups is 1. The van der Waals surface area contributed by atoms with Crippen LogP contribution < -0.4 is 10.1 Å². The molecule has 1 aromatic heterocycles. The Balaban J connectivity index is 1.87. The second-order valence-electron chi connectivity index (χ2n) is 5.71. The van der Waals surface area contributed by atoms with Crippen LogP contribution in [0.4, 0.5) is 0 Å².